The number of carbonyl (C=O) groups is 1. The SMILES string of the molecule is C=CCNN(CC=C)C(N)=O. The molecule has 0 saturated heterocycles. The van der Waals surface area contributed by atoms with E-state index in [4.69, 9.17) is 5.73 Å². The molecule has 3 N–H and O–H groups in total. The Morgan fingerprint density at radius 3 is 2.55 bits per heavy atom. The standard InChI is InChI=1S/C7H13N3O/c1-3-5-9-10(6-4-2)7(8)11/h3-4,9H,1-2,5-6H2,(H2,8,11). The fraction of sp³-hybridized carbons (Fsp3) is 0.286. The van der Waals surface area contributed by atoms with Crippen molar-refractivity contribution in [1.82, 2.24) is 10.4 Å². The molecule has 11 heavy (non-hydrogen) atoms. The number of nitrogens with one attached hydrogen (secondary N) is 1. The van der Waals surface area contributed by atoms with Crippen molar-refractivity contribution >= 4 is 6.03 Å². The van der Waals surface area contributed by atoms with E-state index < -0.39 is 6.03 Å². The first-order chi connectivity index (χ1) is 5.22. The largest absolute Gasteiger partial charge is 0.350 e. The van der Waals surface area contributed by atoms with Crippen LogP contribution in [0.15, 0.2) is 25.3 Å². The lowest BCUT2D eigenvalue weighted by Crippen LogP contribution is -2.46. The number of amides is 2. The van der Waals surface area contributed by atoms with E-state index in [0.717, 1.165) is 0 Å². The fourth-order valence-electron chi connectivity index (χ4n) is 0.536. The Labute approximate surface area is 66.3 Å². The van der Waals surface area contributed by atoms with Crippen LogP contribution in [0.25, 0.3) is 0 Å². The van der Waals surface area contributed by atoms with Crippen LogP contribution in [0.5, 0.6) is 0 Å². The Kier molecular flexibility index (Phi) is 4.85. The van der Waals surface area contributed by atoms with E-state index in [1.807, 2.05) is 0 Å². The molecule has 2 amide bonds. The molecule has 0 aliphatic heterocycles. The van der Waals surface area contributed by atoms with Gasteiger partial charge in [-0.2, -0.15) is 0 Å². The maximum atomic E-state index is 10.6. The predicted molar refractivity (Wildman–Crippen MR) is 44.7 cm³/mol. The van der Waals surface area contributed by atoms with Crippen LogP contribution in [0.4, 0.5) is 4.79 Å². The van der Waals surface area contributed by atoms with Crippen LogP contribution < -0.4 is 11.2 Å². The monoisotopic (exact) mass is 155 g/mol. The molecular weight excluding hydrogens is 142 g/mol. The summed E-state index contributed by atoms with van der Waals surface area (Å²) in [5, 5.41) is 1.26. The summed E-state index contributed by atoms with van der Waals surface area (Å²) in [4.78, 5) is 10.6. The summed E-state index contributed by atoms with van der Waals surface area (Å²) in [6, 6.07) is -0.522. The van der Waals surface area contributed by atoms with Gasteiger partial charge >= 0.3 is 6.03 Å². The van der Waals surface area contributed by atoms with Crippen LogP contribution in [0.1, 0.15) is 0 Å². The smallest absolute Gasteiger partial charge is 0.329 e. The number of hydrogen-bond acceptors (Lipinski definition) is 2. The first kappa shape index (κ1) is 9.71. The van der Waals surface area contributed by atoms with Gasteiger partial charge in [0, 0.05) is 6.54 Å². The lowest BCUT2D eigenvalue weighted by Gasteiger charge is -2.17. The Morgan fingerprint density at radius 1 is 1.55 bits per heavy atom. The quantitative estimate of drug-likeness (QED) is 0.441. The molecule has 0 saturated carbocycles. The number of primary amides is 1. The molecule has 0 aromatic carbocycles. The minimum absolute atomic E-state index is 0.392. The lowest BCUT2D eigenvalue weighted by molar-refractivity contribution is 0.192. The molecule has 0 atom stereocenters. The molecule has 0 fully saturated rings. The van der Waals surface area contributed by atoms with E-state index in [-0.39, 0.29) is 0 Å². The Morgan fingerprint density at radius 2 is 2.18 bits per heavy atom. The van der Waals surface area contributed by atoms with Crippen molar-refractivity contribution in [3.63, 3.8) is 0 Å². The minimum atomic E-state index is -0.522. The minimum Gasteiger partial charge on any atom is -0.350 e. The van der Waals surface area contributed by atoms with Crippen molar-refractivity contribution in [3.8, 4) is 0 Å². The Balaban J connectivity index is 3.77. The average Bonchev–Trinajstić information content (AvgIpc) is 1.97. The second-order valence-electron chi connectivity index (χ2n) is 1.89. The zero-order valence-electron chi connectivity index (χ0n) is 6.42. The molecule has 0 aromatic rings. The Hall–Kier alpha value is -1.29. The number of hydrazine groups is 1. The second-order valence-corrected chi connectivity index (χ2v) is 1.89. The van der Waals surface area contributed by atoms with Gasteiger partial charge in [-0.25, -0.2) is 10.2 Å². The second kappa shape index (κ2) is 5.49. The highest BCUT2D eigenvalue weighted by Gasteiger charge is 2.03. The molecule has 4 nitrogen and oxygen atoms in total. The van der Waals surface area contributed by atoms with Crippen LogP contribution in [-0.2, 0) is 0 Å². The van der Waals surface area contributed by atoms with E-state index in [9.17, 15) is 4.79 Å². The maximum absolute atomic E-state index is 10.6. The zero-order valence-corrected chi connectivity index (χ0v) is 6.42. The summed E-state index contributed by atoms with van der Waals surface area (Å²) in [6.45, 7) is 7.86. The molecule has 0 rings (SSSR count). The topological polar surface area (TPSA) is 58.4 Å². The Bertz CT molecular complexity index is 156. The summed E-state index contributed by atoms with van der Waals surface area (Å²) in [7, 11) is 0. The van der Waals surface area contributed by atoms with E-state index in [1.54, 1.807) is 12.2 Å². The summed E-state index contributed by atoms with van der Waals surface area (Å²) in [6.07, 6.45) is 3.22. The highest BCUT2D eigenvalue weighted by atomic mass is 16.2. The molecule has 62 valence electrons. The molecule has 0 bridgehead atoms. The molecule has 0 spiro atoms. The highest BCUT2D eigenvalue weighted by Crippen LogP contribution is 1.81. The van der Waals surface area contributed by atoms with Gasteiger partial charge in [0.15, 0.2) is 0 Å². The van der Waals surface area contributed by atoms with E-state index in [0.29, 0.717) is 13.1 Å². The van der Waals surface area contributed by atoms with Crippen molar-refractivity contribution in [3.05, 3.63) is 25.3 Å². The van der Waals surface area contributed by atoms with Gasteiger partial charge < -0.3 is 5.73 Å². The number of nitrogens with zero attached hydrogens (tertiary/aromatic N) is 1. The van der Waals surface area contributed by atoms with E-state index in [2.05, 4.69) is 18.6 Å². The van der Waals surface area contributed by atoms with Gasteiger partial charge in [0.2, 0.25) is 0 Å². The van der Waals surface area contributed by atoms with Crippen LogP contribution >= 0.6 is 0 Å². The van der Waals surface area contributed by atoms with Gasteiger partial charge in [-0.05, 0) is 0 Å². The molecule has 0 radical (unpaired) electrons. The lowest BCUT2D eigenvalue weighted by atomic mass is 10.6. The van der Waals surface area contributed by atoms with Gasteiger partial charge in [0.05, 0.1) is 6.54 Å². The van der Waals surface area contributed by atoms with Crippen LogP contribution in [-0.4, -0.2) is 24.1 Å². The number of urea groups is 1. The molecule has 0 aliphatic carbocycles. The molecule has 0 aliphatic rings. The first-order valence-corrected chi connectivity index (χ1v) is 3.24. The number of carbonyl (C=O) groups excluding carboxylic acids is 1. The van der Waals surface area contributed by atoms with Gasteiger partial charge in [-0.15, -0.1) is 13.2 Å². The van der Waals surface area contributed by atoms with Crippen molar-refractivity contribution in [1.29, 1.82) is 0 Å². The van der Waals surface area contributed by atoms with Crippen LogP contribution in [0, 0.1) is 0 Å². The van der Waals surface area contributed by atoms with Gasteiger partial charge in [0.1, 0.15) is 0 Å². The third-order valence-corrected chi connectivity index (χ3v) is 1.00. The van der Waals surface area contributed by atoms with Crippen LogP contribution in [0.3, 0.4) is 0 Å². The highest BCUT2D eigenvalue weighted by molar-refractivity contribution is 5.71. The third-order valence-electron chi connectivity index (χ3n) is 1.00. The van der Waals surface area contributed by atoms with E-state index in [1.165, 1.54) is 5.01 Å². The number of rotatable bonds is 5. The number of nitrogens with two attached hydrogens (primary N) is 1. The summed E-state index contributed by atoms with van der Waals surface area (Å²) in [5.74, 6) is 0. The van der Waals surface area contributed by atoms with Crippen molar-refractivity contribution in [2.75, 3.05) is 13.1 Å². The van der Waals surface area contributed by atoms with Crippen molar-refractivity contribution in [2.45, 2.75) is 0 Å². The molecule has 4 heteroatoms. The average molecular weight is 155 g/mol. The molecule has 0 heterocycles. The molecule has 0 unspecified atom stereocenters. The third kappa shape index (κ3) is 4.16. The zero-order chi connectivity index (χ0) is 8.69. The molecule has 0 aromatic heterocycles. The van der Waals surface area contributed by atoms with Gasteiger partial charge in [-0.1, -0.05) is 12.2 Å². The van der Waals surface area contributed by atoms with Gasteiger partial charge in [0.25, 0.3) is 0 Å². The van der Waals surface area contributed by atoms with Gasteiger partial charge in [-0.3, -0.25) is 5.01 Å². The van der Waals surface area contributed by atoms with E-state index >= 15 is 0 Å². The maximum Gasteiger partial charge on any atom is 0.329 e. The van der Waals surface area contributed by atoms with Crippen molar-refractivity contribution < 1.29 is 4.79 Å². The fourth-order valence-corrected chi connectivity index (χ4v) is 0.536. The summed E-state index contributed by atoms with van der Waals surface area (Å²) >= 11 is 0. The number of hydrogen-bond donors (Lipinski definition) is 2. The van der Waals surface area contributed by atoms with Crippen LogP contribution in [0.2, 0.25) is 0 Å². The predicted octanol–water partition coefficient (Wildman–Crippen LogP) is 0.244. The van der Waals surface area contributed by atoms with Crippen molar-refractivity contribution in [2.24, 2.45) is 5.73 Å². The normalized spacial score (nSPS) is 8.73. The first-order valence-electron chi connectivity index (χ1n) is 3.24. The summed E-state index contributed by atoms with van der Waals surface area (Å²) < 4.78 is 0. The summed E-state index contributed by atoms with van der Waals surface area (Å²) in [5.41, 5.74) is 7.75. The molecular formula is C7H13N3O.